The zero-order valence-corrected chi connectivity index (χ0v) is 8.15. The van der Waals surface area contributed by atoms with E-state index in [0.29, 0.717) is 5.56 Å². The van der Waals surface area contributed by atoms with Gasteiger partial charge < -0.3 is 14.8 Å². The van der Waals surface area contributed by atoms with E-state index in [1.165, 1.54) is 12.1 Å². The lowest BCUT2D eigenvalue weighted by atomic mass is 10.1. The molecule has 1 aromatic rings. The van der Waals surface area contributed by atoms with Crippen LogP contribution in [0.3, 0.4) is 0 Å². The Kier molecular flexibility index (Phi) is 2.89. The highest BCUT2D eigenvalue weighted by Gasteiger charge is 2.24. The van der Waals surface area contributed by atoms with Gasteiger partial charge in [-0.25, -0.2) is 4.79 Å². The van der Waals surface area contributed by atoms with E-state index in [4.69, 9.17) is 4.74 Å². The van der Waals surface area contributed by atoms with Crippen LogP contribution in [0, 0.1) is 0 Å². The van der Waals surface area contributed by atoms with Gasteiger partial charge in [-0.1, -0.05) is 12.1 Å². The van der Waals surface area contributed by atoms with Gasteiger partial charge in [0.15, 0.2) is 0 Å². The van der Waals surface area contributed by atoms with E-state index in [0.717, 1.165) is 0 Å². The molecule has 86 valence electrons. The molecule has 16 heavy (non-hydrogen) atoms. The third-order valence-electron chi connectivity index (χ3n) is 2.16. The van der Waals surface area contributed by atoms with Crippen LogP contribution in [0.2, 0.25) is 0 Å². The Balaban J connectivity index is 2.12. The van der Waals surface area contributed by atoms with E-state index in [9.17, 15) is 13.6 Å². The Morgan fingerprint density at radius 3 is 2.94 bits per heavy atom. The summed E-state index contributed by atoms with van der Waals surface area (Å²) in [6, 6.07) is 5.85. The zero-order chi connectivity index (χ0) is 11.5. The summed E-state index contributed by atoms with van der Waals surface area (Å²) in [4.78, 5) is 10.8. The van der Waals surface area contributed by atoms with Crippen molar-refractivity contribution in [3.8, 4) is 5.75 Å². The van der Waals surface area contributed by atoms with Gasteiger partial charge in [0.2, 0.25) is 0 Å². The minimum absolute atomic E-state index is 0.0636. The smallest absolute Gasteiger partial charge is 0.407 e. The second-order valence-corrected chi connectivity index (χ2v) is 3.25. The summed E-state index contributed by atoms with van der Waals surface area (Å²) in [6.45, 7) is -2.67. The first-order chi connectivity index (χ1) is 7.65. The van der Waals surface area contributed by atoms with Crippen molar-refractivity contribution in [3.63, 3.8) is 0 Å². The van der Waals surface area contributed by atoms with Crippen LogP contribution >= 0.6 is 0 Å². The lowest BCUT2D eigenvalue weighted by molar-refractivity contribution is -0.0499. The molecule has 1 aliphatic heterocycles. The Hall–Kier alpha value is -1.85. The van der Waals surface area contributed by atoms with Crippen LogP contribution in [0.5, 0.6) is 5.75 Å². The molecule has 1 aliphatic rings. The Labute approximate surface area is 90.2 Å². The summed E-state index contributed by atoms with van der Waals surface area (Å²) in [5.41, 5.74) is 0.670. The lowest BCUT2D eigenvalue weighted by Gasteiger charge is -2.10. The van der Waals surface area contributed by atoms with Gasteiger partial charge in [0.05, 0.1) is 6.04 Å². The fourth-order valence-corrected chi connectivity index (χ4v) is 1.47. The largest absolute Gasteiger partial charge is 0.447 e. The normalized spacial score (nSPS) is 19.4. The summed E-state index contributed by atoms with van der Waals surface area (Å²) in [7, 11) is 0. The molecule has 1 saturated heterocycles. The number of halogens is 2. The fourth-order valence-electron chi connectivity index (χ4n) is 1.47. The highest BCUT2D eigenvalue weighted by atomic mass is 19.3. The molecule has 0 unspecified atom stereocenters. The molecule has 1 fully saturated rings. The van der Waals surface area contributed by atoms with Crippen LogP contribution in [0.15, 0.2) is 24.3 Å². The number of carbonyl (C=O) groups is 1. The van der Waals surface area contributed by atoms with Crippen LogP contribution in [0.1, 0.15) is 11.6 Å². The maximum absolute atomic E-state index is 12.0. The van der Waals surface area contributed by atoms with Crippen molar-refractivity contribution < 1.29 is 23.0 Å². The average molecular weight is 229 g/mol. The molecule has 2 rings (SSSR count). The van der Waals surface area contributed by atoms with E-state index in [2.05, 4.69) is 10.1 Å². The van der Waals surface area contributed by atoms with E-state index in [1.807, 2.05) is 0 Å². The van der Waals surface area contributed by atoms with Gasteiger partial charge in [-0.05, 0) is 17.7 Å². The molecule has 1 atom stereocenters. The van der Waals surface area contributed by atoms with Crippen LogP contribution in [-0.2, 0) is 4.74 Å². The Morgan fingerprint density at radius 1 is 1.50 bits per heavy atom. The first-order valence-electron chi connectivity index (χ1n) is 4.63. The number of rotatable bonds is 3. The molecule has 1 N–H and O–H groups in total. The number of ether oxygens (including phenoxy) is 2. The van der Waals surface area contributed by atoms with Crippen molar-refractivity contribution in [3.05, 3.63) is 29.8 Å². The van der Waals surface area contributed by atoms with Gasteiger partial charge >= 0.3 is 12.7 Å². The molecule has 0 aliphatic carbocycles. The van der Waals surface area contributed by atoms with Crippen molar-refractivity contribution in [2.75, 3.05) is 6.61 Å². The van der Waals surface area contributed by atoms with Gasteiger partial charge in [-0.3, -0.25) is 0 Å². The number of amides is 1. The zero-order valence-electron chi connectivity index (χ0n) is 8.15. The number of hydrogen-bond donors (Lipinski definition) is 1. The molecular formula is C10H9F2NO3. The quantitative estimate of drug-likeness (QED) is 0.863. The summed E-state index contributed by atoms with van der Waals surface area (Å²) in [5.74, 6) is 0.0636. The highest BCUT2D eigenvalue weighted by Crippen LogP contribution is 2.23. The molecule has 6 heteroatoms. The molecule has 1 amide bonds. The third kappa shape index (κ3) is 2.39. The minimum atomic E-state index is -2.86. The highest BCUT2D eigenvalue weighted by molar-refractivity contribution is 5.70. The Morgan fingerprint density at radius 2 is 2.31 bits per heavy atom. The van der Waals surface area contributed by atoms with Crippen LogP contribution in [0.25, 0.3) is 0 Å². The number of alkyl carbamates (subject to hydrolysis) is 1. The summed E-state index contributed by atoms with van der Waals surface area (Å²) in [6.07, 6.45) is -0.509. The molecule has 0 bridgehead atoms. The molecule has 4 nitrogen and oxygen atoms in total. The monoisotopic (exact) mass is 229 g/mol. The van der Waals surface area contributed by atoms with Crippen LogP contribution in [-0.4, -0.2) is 19.3 Å². The molecular weight excluding hydrogens is 220 g/mol. The van der Waals surface area contributed by atoms with Crippen molar-refractivity contribution in [1.82, 2.24) is 5.32 Å². The van der Waals surface area contributed by atoms with Crippen LogP contribution in [0.4, 0.5) is 13.6 Å². The first-order valence-corrected chi connectivity index (χ1v) is 4.63. The standard InChI is InChI=1S/C10H9F2NO3/c11-9(12)16-7-3-1-2-6(4-7)8-5-15-10(14)13-8/h1-4,8-9H,5H2,(H,13,14)/t8-/m0/s1. The van der Waals surface area contributed by atoms with Crippen LogP contribution < -0.4 is 10.1 Å². The summed E-state index contributed by atoms with van der Waals surface area (Å²) < 4.78 is 32.9. The molecule has 0 radical (unpaired) electrons. The van der Waals surface area contributed by atoms with E-state index >= 15 is 0 Å². The van der Waals surface area contributed by atoms with Crippen molar-refractivity contribution in [1.29, 1.82) is 0 Å². The SMILES string of the molecule is O=C1N[C@H](c2cccc(OC(F)F)c2)CO1. The fraction of sp³-hybridized carbons (Fsp3) is 0.300. The second-order valence-electron chi connectivity index (χ2n) is 3.25. The third-order valence-corrected chi connectivity index (χ3v) is 2.16. The molecule has 0 saturated carbocycles. The maximum Gasteiger partial charge on any atom is 0.407 e. The molecule has 1 heterocycles. The number of nitrogens with one attached hydrogen (secondary N) is 1. The maximum atomic E-state index is 12.0. The number of hydrogen-bond acceptors (Lipinski definition) is 3. The second kappa shape index (κ2) is 4.34. The molecule has 0 aromatic heterocycles. The number of alkyl halides is 2. The topological polar surface area (TPSA) is 47.6 Å². The number of cyclic esters (lactones) is 1. The average Bonchev–Trinajstić information content (AvgIpc) is 2.64. The predicted molar refractivity (Wildman–Crippen MR) is 50.3 cm³/mol. The van der Waals surface area contributed by atoms with Crippen molar-refractivity contribution >= 4 is 6.09 Å². The molecule has 1 aromatic carbocycles. The summed E-state index contributed by atoms with van der Waals surface area (Å²) >= 11 is 0. The first kappa shape index (κ1) is 10.7. The van der Waals surface area contributed by atoms with Gasteiger partial charge in [-0.15, -0.1) is 0 Å². The van der Waals surface area contributed by atoms with Gasteiger partial charge in [0, 0.05) is 0 Å². The molecule has 0 spiro atoms. The van der Waals surface area contributed by atoms with E-state index in [-0.39, 0.29) is 18.4 Å². The van der Waals surface area contributed by atoms with Gasteiger partial charge in [0.25, 0.3) is 0 Å². The summed E-state index contributed by atoms with van der Waals surface area (Å²) in [5, 5.41) is 2.55. The van der Waals surface area contributed by atoms with Crippen molar-refractivity contribution in [2.24, 2.45) is 0 Å². The predicted octanol–water partition coefficient (Wildman–Crippen LogP) is 2.07. The Bertz CT molecular complexity index is 397. The van der Waals surface area contributed by atoms with Gasteiger partial charge in [0.1, 0.15) is 12.4 Å². The van der Waals surface area contributed by atoms with E-state index in [1.54, 1.807) is 12.1 Å². The van der Waals surface area contributed by atoms with E-state index < -0.39 is 12.7 Å². The van der Waals surface area contributed by atoms with Gasteiger partial charge in [-0.2, -0.15) is 8.78 Å². The minimum Gasteiger partial charge on any atom is -0.447 e. The number of benzene rings is 1. The number of carbonyl (C=O) groups excluding carboxylic acids is 1. The lowest BCUT2D eigenvalue weighted by Crippen LogP contribution is -2.18. The van der Waals surface area contributed by atoms with Crippen molar-refractivity contribution in [2.45, 2.75) is 12.7 Å².